The number of fused-ring (bicyclic) bond motifs is 1. The van der Waals surface area contributed by atoms with Crippen LogP contribution >= 0.6 is 0 Å². The molecule has 0 spiro atoms. The highest BCUT2D eigenvalue weighted by molar-refractivity contribution is 5.33. The zero-order valence-electron chi connectivity index (χ0n) is 10.9. The number of aliphatic hydroxyl groups excluding tert-OH is 1. The first-order chi connectivity index (χ1) is 9.36. The van der Waals surface area contributed by atoms with Gasteiger partial charge < -0.3 is 9.84 Å². The third-order valence-electron chi connectivity index (χ3n) is 3.70. The molecule has 0 saturated carbocycles. The Morgan fingerprint density at radius 1 is 1.05 bits per heavy atom. The van der Waals surface area contributed by atoms with E-state index in [1.165, 1.54) is 17.5 Å². The highest BCUT2D eigenvalue weighted by Gasteiger charge is 2.21. The van der Waals surface area contributed by atoms with Gasteiger partial charge in [0.05, 0.1) is 6.61 Å². The largest absolute Gasteiger partial charge is 0.486 e. The summed E-state index contributed by atoms with van der Waals surface area (Å²) in [6, 6.07) is 16.2. The van der Waals surface area contributed by atoms with E-state index in [1.54, 1.807) is 0 Å². The van der Waals surface area contributed by atoms with Crippen molar-refractivity contribution in [3.05, 3.63) is 65.2 Å². The van der Waals surface area contributed by atoms with E-state index < -0.39 is 0 Å². The van der Waals surface area contributed by atoms with Gasteiger partial charge in [0.25, 0.3) is 0 Å². The summed E-state index contributed by atoms with van der Waals surface area (Å²) in [5.41, 5.74) is 3.64. The molecule has 0 radical (unpaired) electrons. The van der Waals surface area contributed by atoms with Crippen molar-refractivity contribution in [3.63, 3.8) is 0 Å². The molecule has 1 atom stereocenters. The molecule has 19 heavy (non-hydrogen) atoms. The van der Waals surface area contributed by atoms with Gasteiger partial charge in [0.2, 0.25) is 0 Å². The Morgan fingerprint density at radius 2 is 1.84 bits per heavy atom. The Morgan fingerprint density at radius 3 is 2.63 bits per heavy atom. The maximum Gasteiger partial charge on any atom is 0.124 e. The molecule has 0 aliphatic heterocycles. The summed E-state index contributed by atoms with van der Waals surface area (Å²) in [4.78, 5) is 0. The summed E-state index contributed by atoms with van der Waals surface area (Å²) in [6.45, 7) is 0.0759. The van der Waals surface area contributed by atoms with Gasteiger partial charge >= 0.3 is 0 Å². The lowest BCUT2D eigenvalue weighted by molar-refractivity contribution is 0.183. The molecule has 2 nitrogen and oxygen atoms in total. The summed E-state index contributed by atoms with van der Waals surface area (Å²) in [5, 5.41) is 9.04. The van der Waals surface area contributed by atoms with E-state index >= 15 is 0 Å². The van der Waals surface area contributed by atoms with Gasteiger partial charge in [-0.05, 0) is 48.1 Å². The van der Waals surface area contributed by atoms with Crippen LogP contribution in [0.3, 0.4) is 0 Å². The van der Waals surface area contributed by atoms with Crippen LogP contribution in [-0.2, 0) is 13.0 Å². The van der Waals surface area contributed by atoms with Crippen molar-refractivity contribution < 1.29 is 9.84 Å². The van der Waals surface area contributed by atoms with E-state index in [-0.39, 0.29) is 12.7 Å². The molecule has 1 N–H and O–H groups in total. The van der Waals surface area contributed by atoms with Crippen LogP contribution in [0, 0.1) is 0 Å². The molecule has 1 unspecified atom stereocenters. The monoisotopic (exact) mass is 254 g/mol. The van der Waals surface area contributed by atoms with E-state index in [2.05, 4.69) is 24.3 Å². The fraction of sp³-hybridized carbons (Fsp3) is 0.294. The first-order valence-corrected chi connectivity index (χ1v) is 6.81. The first-order valence-electron chi connectivity index (χ1n) is 6.81. The summed E-state index contributed by atoms with van der Waals surface area (Å²) in [6.07, 6.45) is 3.55. The van der Waals surface area contributed by atoms with Crippen molar-refractivity contribution in [2.24, 2.45) is 0 Å². The minimum atomic E-state index is 0.0759. The highest BCUT2D eigenvalue weighted by atomic mass is 16.5. The summed E-state index contributed by atoms with van der Waals surface area (Å²) < 4.78 is 6.10. The lowest BCUT2D eigenvalue weighted by Gasteiger charge is -2.26. The van der Waals surface area contributed by atoms with Gasteiger partial charge in [0.15, 0.2) is 0 Å². The van der Waals surface area contributed by atoms with Gasteiger partial charge in [-0.15, -0.1) is 0 Å². The Balaban J connectivity index is 1.80. The predicted octanol–water partition coefficient (Wildman–Crippen LogP) is 3.64. The van der Waals surface area contributed by atoms with Crippen LogP contribution in [0.4, 0.5) is 0 Å². The number of aliphatic hydroxyl groups is 1. The van der Waals surface area contributed by atoms with Crippen LogP contribution < -0.4 is 4.74 Å². The van der Waals surface area contributed by atoms with E-state index in [0.717, 1.165) is 24.2 Å². The van der Waals surface area contributed by atoms with Crippen molar-refractivity contribution in [3.8, 4) is 5.75 Å². The minimum absolute atomic E-state index is 0.0759. The quantitative estimate of drug-likeness (QED) is 0.906. The smallest absolute Gasteiger partial charge is 0.124 e. The zero-order valence-corrected chi connectivity index (χ0v) is 10.9. The second kappa shape index (κ2) is 5.45. The molecule has 0 saturated heterocycles. The number of hydrogen-bond donors (Lipinski definition) is 1. The average Bonchev–Trinajstić information content (AvgIpc) is 2.48. The predicted molar refractivity (Wildman–Crippen MR) is 75.1 cm³/mol. The summed E-state index contributed by atoms with van der Waals surface area (Å²) in [7, 11) is 0. The van der Waals surface area contributed by atoms with Crippen LogP contribution in [0.2, 0.25) is 0 Å². The molecular weight excluding hydrogens is 236 g/mol. The molecule has 0 heterocycles. The Bertz CT molecular complexity index is 545. The molecular formula is C17H18O2. The average molecular weight is 254 g/mol. The standard InChI is InChI=1S/C17H18O2/c18-12-13-8-10-15(11-9-13)19-17-7-3-5-14-4-1-2-6-16(14)17/h1-2,4,6,8-11,17-18H,3,5,7,12H2. The van der Waals surface area contributed by atoms with E-state index in [1.807, 2.05) is 24.3 Å². The van der Waals surface area contributed by atoms with Crippen LogP contribution in [0.25, 0.3) is 0 Å². The van der Waals surface area contributed by atoms with Gasteiger partial charge in [-0.2, -0.15) is 0 Å². The van der Waals surface area contributed by atoms with E-state index in [0.29, 0.717) is 0 Å². The van der Waals surface area contributed by atoms with Gasteiger partial charge in [-0.1, -0.05) is 36.4 Å². The van der Waals surface area contributed by atoms with Gasteiger partial charge in [-0.25, -0.2) is 0 Å². The van der Waals surface area contributed by atoms with Crippen LogP contribution in [-0.4, -0.2) is 5.11 Å². The molecule has 1 aliphatic rings. The number of benzene rings is 2. The first kappa shape index (κ1) is 12.2. The van der Waals surface area contributed by atoms with Crippen molar-refractivity contribution in [1.82, 2.24) is 0 Å². The lowest BCUT2D eigenvalue weighted by Crippen LogP contribution is -2.15. The second-order valence-corrected chi connectivity index (χ2v) is 5.00. The van der Waals surface area contributed by atoms with Gasteiger partial charge in [0.1, 0.15) is 11.9 Å². The zero-order chi connectivity index (χ0) is 13.1. The Hall–Kier alpha value is -1.80. The van der Waals surface area contributed by atoms with Crippen molar-refractivity contribution >= 4 is 0 Å². The normalized spacial score (nSPS) is 17.8. The maximum atomic E-state index is 9.04. The van der Waals surface area contributed by atoms with E-state index in [4.69, 9.17) is 9.84 Å². The lowest BCUT2D eigenvalue weighted by atomic mass is 9.89. The number of rotatable bonds is 3. The highest BCUT2D eigenvalue weighted by Crippen LogP contribution is 2.33. The van der Waals surface area contributed by atoms with Gasteiger partial charge in [0, 0.05) is 0 Å². The van der Waals surface area contributed by atoms with Crippen molar-refractivity contribution in [2.75, 3.05) is 0 Å². The second-order valence-electron chi connectivity index (χ2n) is 5.00. The topological polar surface area (TPSA) is 29.5 Å². The van der Waals surface area contributed by atoms with Crippen molar-refractivity contribution in [2.45, 2.75) is 32.0 Å². The Labute approximate surface area is 113 Å². The fourth-order valence-electron chi connectivity index (χ4n) is 2.67. The fourth-order valence-corrected chi connectivity index (χ4v) is 2.67. The molecule has 0 bridgehead atoms. The van der Waals surface area contributed by atoms with Crippen LogP contribution in [0.1, 0.15) is 35.6 Å². The molecule has 0 amide bonds. The molecule has 2 aromatic carbocycles. The molecule has 0 aromatic heterocycles. The molecule has 98 valence electrons. The molecule has 1 aliphatic carbocycles. The number of hydrogen-bond acceptors (Lipinski definition) is 2. The Kier molecular flexibility index (Phi) is 3.51. The molecule has 3 rings (SSSR count). The minimum Gasteiger partial charge on any atom is -0.486 e. The maximum absolute atomic E-state index is 9.04. The summed E-state index contributed by atoms with van der Waals surface area (Å²) >= 11 is 0. The molecule has 0 fully saturated rings. The molecule has 2 heteroatoms. The SMILES string of the molecule is OCc1ccc(OC2CCCc3ccccc32)cc1. The van der Waals surface area contributed by atoms with Crippen LogP contribution in [0.15, 0.2) is 48.5 Å². The van der Waals surface area contributed by atoms with Crippen molar-refractivity contribution in [1.29, 1.82) is 0 Å². The third-order valence-corrected chi connectivity index (χ3v) is 3.70. The third kappa shape index (κ3) is 2.64. The van der Waals surface area contributed by atoms with E-state index in [9.17, 15) is 0 Å². The molecule has 2 aromatic rings. The van der Waals surface area contributed by atoms with Crippen LogP contribution in [0.5, 0.6) is 5.75 Å². The summed E-state index contributed by atoms with van der Waals surface area (Å²) in [5.74, 6) is 0.874. The number of aryl methyl sites for hydroxylation is 1. The number of ether oxygens (including phenoxy) is 1. The van der Waals surface area contributed by atoms with Gasteiger partial charge in [-0.3, -0.25) is 0 Å².